The minimum absolute atomic E-state index is 0.131. The number of anilines is 1. The molecule has 0 fully saturated rings. The Bertz CT molecular complexity index is 1100. The highest BCUT2D eigenvalue weighted by atomic mass is 19.1. The van der Waals surface area contributed by atoms with Crippen molar-refractivity contribution in [1.82, 2.24) is 14.5 Å². The van der Waals surface area contributed by atoms with E-state index in [1.807, 2.05) is 6.92 Å². The average Bonchev–Trinajstić information content (AvgIpc) is 2.68. The first-order chi connectivity index (χ1) is 13.3. The van der Waals surface area contributed by atoms with Crippen LogP contribution in [0.1, 0.15) is 25.2 Å². The van der Waals surface area contributed by atoms with Crippen molar-refractivity contribution in [3.8, 4) is 0 Å². The van der Waals surface area contributed by atoms with Crippen LogP contribution in [0, 0.1) is 11.6 Å². The van der Waals surface area contributed by atoms with Crippen LogP contribution in [0.4, 0.5) is 19.3 Å². The highest BCUT2D eigenvalue weighted by molar-refractivity contribution is 5.89. The Hall–Kier alpha value is -3.29. The van der Waals surface area contributed by atoms with E-state index in [4.69, 9.17) is 0 Å². The number of rotatable bonds is 4. The molecular formula is C20H20F2N4O2. The van der Waals surface area contributed by atoms with Crippen molar-refractivity contribution < 1.29 is 13.6 Å². The van der Waals surface area contributed by atoms with Gasteiger partial charge in [-0.3, -0.25) is 9.36 Å². The molecule has 6 nitrogen and oxygen atoms in total. The number of hydrogen-bond acceptors (Lipinski definition) is 3. The minimum Gasteiger partial charge on any atom is -0.317 e. The molecule has 2 amide bonds. The van der Waals surface area contributed by atoms with E-state index in [0.29, 0.717) is 29.2 Å². The van der Waals surface area contributed by atoms with Crippen LogP contribution in [0.3, 0.4) is 0 Å². The second-order valence-corrected chi connectivity index (χ2v) is 6.44. The summed E-state index contributed by atoms with van der Waals surface area (Å²) in [5.74, 6) is -1.18. The molecule has 0 unspecified atom stereocenters. The Kier molecular flexibility index (Phi) is 5.39. The number of carbonyl (C=O) groups is 1. The number of benzene rings is 2. The summed E-state index contributed by atoms with van der Waals surface area (Å²) in [6.07, 6.45) is 0.481. The molecule has 0 saturated carbocycles. The Morgan fingerprint density at radius 3 is 2.64 bits per heavy atom. The number of nitrogens with one attached hydrogen (secondary N) is 1. The Balaban J connectivity index is 1.94. The average molecular weight is 386 g/mol. The Morgan fingerprint density at radius 1 is 1.25 bits per heavy atom. The molecule has 0 bridgehead atoms. The van der Waals surface area contributed by atoms with Gasteiger partial charge in [-0.1, -0.05) is 19.1 Å². The number of para-hydroxylation sites is 1. The van der Waals surface area contributed by atoms with E-state index >= 15 is 0 Å². The summed E-state index contributed by atoms with van der Waals surface area (Å²) in [7, 11) is 3.14. The van der Waals surface area contributed by atoms with Gasteiger partial charge in [0.2, 0.25) is 0 Å². The van der Waals surface area contributed by atoms with E-state index < -0.39 is 23.7 Å². The van der Waals surface area contributed by atoms with E-state index in [1.54, 1.807) is 31.3 Å². The number of aromatic nitrogens is 2. The summed E-state index contributed by atoms with van der Waals surface area (Å²) in [6.45, 7) is 1.86. The lowest BCUT2D eigenvalue weighted by atomic mass is 10.1. The van der Waals surface area contributed by atoms with E-state index in [9.17, 15) is 18.4 Å². The van der Waals surface area contributed by atoms with Crippen molar-refractivity contribution in [2.45, 2.75) is 19.4 Å². The predicted octanol–water partition coefficient (Wildman–Crippen LogP) is 3.83. The van der Waals surface area contributed by atoms with Crippen molar-refractivity contribution in [2.75, 3.05) is 12.4 Å². The first-order valence-corrected chi connectivity index (χ1v) is 8.78. The van der Waals surface area contributed by atoms with Gasteiger partial charge in [-0.25, -0.2) is 18.6 Å². The molecule has 0 radical (unpaired) electrons. The highest BCUT2D eigenvalue weighted by Gasteiger charge is 2.25. The topological polar surface area (TPSA) is 67.2 Å². The molecule has 2 aromatic carbocycles. The van der Waals surface area contributed by atoms with E-state index in [-0.39, 0.29) is 11.2 Å². The lowest BCUT2D eigenvalue weighted by Crippen LogP contribution is -2.38. The predicted molar refractivity (Wildman–Crippen MR) is 103 cm³/mol. The highest BCUT2D eigenvalue weighted by Crippen LogP contribution is 2.23. The van der Waals surface area contributed by atoms with Gasteiger partial charge in [0.15, 0.2) is 0 Å². The maximum atomic E-state index is 13.8. The first kappa shape index (κ1) is 19.5. The molecule has 1 N–H and O–H groups in total. The number of fused-ring (bicyclic) bond motifs is 1. The monoisotopic (exact) mass is 386 g/mol. The van der Waals surface area contributed by atoms with Gasteiger partial charge in [0, 0.05) is 20.2 Å². The normalized spacial score (nSPS) is 12.0. The fourth-order valence-electron chi connectivity index (χ4n) is 3.10. The van der Waals surface area contributed by atoms with Crippen molar-refractivity contribution in [2.24, 2.45) is 7.05 Å². The quantitative estimate of drug-likeness (QED) is 0.741. The van der Waals surface area contributed by atoms with E-state index in [2.05, 4.69) is 10.3 Å². The largest absolute Gasteiger partial charge is 0.322 e. The number of urea groups is 1. The number of amides is 2. The molecule has 0 spiro atoms. The van der Waals surface area contributed by atoms with Gasteiger partial charge < -0.3 is 10.2 Å². The van der Waals surface area contributed by atoms with Gasteiger partial charge >= 0.3 is 6.03 Å². The fraction of sp³-hybridized carbons (Fsp3) is 0.250. The molecule has 0 aliphatic rings. The van der Waals surface area contributed by atoms with Crippen molar-refractivity contribution in [3.05, 3.63) is 70.3 Å². The number of hydrogen-bond donors (Lipinski definition) is 1. The van der Waals surface area contributed by atoms with Crippen molar-refractivity contribution in [1.29, 1.82) is 0 Å². The zero-order chi connectivity index (χ0) is 20.4. The van der Waals surface area contributed by atoms with Gasteiger partial charge in [0.25, 0.3) is 5.56 Å². The van der Waals surface area contributed by atoms with Gasteiger partial charge in [0.1, 0.15) is 17.5 Å². The maximum Gasteiger partial charge on any atom is 0.322 e. The molecule has 1 atom stereocenters. The maximum absolute atomic E-state index is 13.8. The lowest BCUT2D eigenvalue weighted by Gasteiger charge is -2.28. The molecule has 0 aliphatic carbocycles. The SMILES string of the molecule is CC[C@@H](c1nc2ccccc2c(=O)n1C)N(C)C(=O)Nc1ccc(F)cc1F. The molecule has 146 valence electrons. The molecule has 3 aromatic rings. The summed E-state index contributed by atoms with van der Waals surface area (Å²) in [6, 6.07) is 8.77. The summed E-state index contributed by atoms with van der Waals surface area (Å²) in [5, 5.41) is 2.91. The third-order valence-corrected chi connectivity index (χ3v) is 4.66. The number of nitrogens with zero attached hydrogens (tertiary/aromatic N) is 3. The summed E-state index contributed by atoms with van der Waals surface area (Å²) in [4.78, 5) is 31.2. The third-order valence-electron chi connectivity index (χ3n) is 4.66. The molecular weight excluding hydrogens is 366 g/mol. The van der Waals surface area contributed by atoms with E-state index in [0.717, 1.165) is 12.1 Å². The summed E-state index contributed by atoms with van der Waals surface area (Å²) in [5.41, 5.74) is 0.198. The van der Waals surface area contributed by atoms with Crippen molar-refractivity contribution in [3.63, 3.8) is 0 Å². The van der Waals surface area contributed by atoms with Gasteiger partial charge in [-0.05, 0) is 30.7 Å². The van der Waals surface area contributed by atoms with Crippen LogP contribution in [-0.2, 0) is 7.05 Å². The Morgan fingerprint density at radius 2 is 1.96 bits per heavy atom. The van der Waals surface area contributed by atoms with Crippen LogP contribution >= 0.6 is 0 Å². The molecule has 28 heavy (non-hydrogen) atoms. The van der Waals surface area contributed by atoms with Crippen LogP contribution in [0.25, 0.3) is 10.9 Å². The minimum atomic E-state index is -0.869. The van der Waals surface area contributed by atoms with Crippen molar-refractivity contribution >= 4 is 22.6 Å². The standard InChI is InChI=1S/C20H20F2N4O2/c1-4-17(18-23-15-8-6-5-7-13(15)19(27)26(18)3)25(2)20(28)24-16-10-9-12(21)11-14(16)22/h5-11,17H,4H2,1-3H3,(H,24,28)/t17-/m0/s1. The van der Waals surface area contributed by atoms with E-state index in [1.165, 1.54) is 16.5 Å². The zero-order valence-corrected chi connectivity index (χ0v) is 15.7. The molecule has 8 heteroatoms. The zero-order valence-electron chi connectivity index (χ0n) is 15.7. The third kappa shape index (κ3) is 3.58. The van der Waals surface area contributed by atoms with Crippen LogP contribution < -0.4 is 10.9 Å². The first-order valence-electron chi connectivity index (χ1n) is 8.78. The Labute approximate surface area is 160 Å². The van der Waals surface area contributed by atoms with Crippen LogP contribution in [0.15, 0.2) is 47.3 Å². The van der Waals surface area contributed by atoms with Gasteiger partial charge in [-0.15, -0.1) is 0 Å². The molecule has 1 heterocycles. The fourth-order valence-corrected chi connectivity index (χ4v) is 3.10. The molecule has 1 aromatic heterocycles. The molecule has 0 aliphatic heterocycles. The van der Waals surface area contributed by atoms with Gasteiger partial charge in [-0.2, -0.15) is 0 Å². The number of halogens is 2. The second kappa shape index (κ2) is 7.75. The molecule has 3 rings (SSSR count). The molecule has 0 saturated heterocycles. The summed E-state index contributed by atoms with van der Waals surface area (Å²) >= 11 is 0. The number of carbonyl (C=O) groups excluding carboxylic acids is 1. The summed E-state index contributed by atoms with van der Waals surface area (Å²) < 4.78 is 28.3. The van der Waals surface area contributed by atoms with Crippen LogP contribution in [0.5, 0.6) is 0 Å². The smallest absolute Gasteiger partial charge is 0.317 e. The second-order valence-electron chi connectivity index (χ2n) is 6.44. The lowest BCUT2D eigenvalue weighted by molar-refractivity contribution is 0.198. The van der Waals surface area contributed by atoms with Crippen LogP contribution in [-0.4, -0.2) is 27.5 Å². The van der Waals surface area contributed by atoms with Gasteiger partial charge in [0.05, 0.1) is 22.6 Å². The van der Waals surface area contributed by atoms with Crippen LogP contribution in [0.2, 0.25) is 0 Å².